The second kappa shape index (κ2) is 7.15. The number of H-pyrrole nitrogens is 1. The molecule has 4 nitrogen and oxygen atoms in total. The number of aromatic amines is 1. The number of ether oxygens (including phenoxy) is 2. The van der Waals surface area contributed by atoms with Gasteiger partial charge >= 0.3 is 0 Å². The van der Waals surface area contributed by atoms with Crippen molar-refractivity contribution in [1.82, 2.24) is 4.98 Å². The van der Waals surface area contributed by atoms with Gasteiger partial charge in [-0.1, -0.05) is 41.9 Å². The first-order valence-corrected chi connectivity index (χ1v) is 9.57. The maximum Gasteiger partial charge on any atom is 0.231 e. The zero-order valence-corrected chi connectivity index (χ0v) is 16.1. The highest BCUT2D eigenvalue weighted by molar-refractivity contribution is 6.30. The summed E-state index contributed by atoms with van der Waals surface area (Å²) >= 11 is 6.01. The summed E-state index contributed by atoms with van der Waals surface area (Å²) in [6.07, 6.45) is 3.64. The summed E-state index contributed by atoms with van der Waals surface area (Å²) in [7, 11) is 0. The number of fused-ring (bicyclic) bond motifs is 2. The fraction of sp³-hybridized carbons (Fsp3) is 0.0417. The van der Waals surface area contributed by atoms with Gasteiger partial charge in [0.1, 0.15) is 18.1 Å². The average Bonchev–Trinajstić information content (AvgIpc) is 3.28. The zero-order chi connectivity index (χ0) is 19.8. The second-order valence-electron chi connectivity index (χ2n) is 6.81. The van der Waals surface area contributed by atoms with Gasteiger partial charge in [-0.05, 0) is 42.0 Å². The van der Waals surface area contributed by atoms with Crippen LogP contribution < -0.4 is 9.47 Å². The number of hydrogen-bond acceptors (Lipinski definition) is 3. The predicted octanol–water partition coefficient (Wildman–Crippen LogP) is 6.02. The molecule has 0 saturated heterocycles. The second-order valence-corrected chi connectivity index (χ2v) is 7.24. The Labute approximate surface area is 172 Å². The third-order valence-corrected chi connectivity index (χ3v) is 5.08. The monoisotopic (exact) mass is 401 g/mol. The number of halogens is 1. The molecular formula is C24H16ClNO3. The van der Waals surface area contributed by atoms with Crippen LogP contribution in [0, 0.1) is 0 Å². The summed E-state index contributed by atoms with van der Waals surface area (Å²) in [5.41, 5.74) is 3.43. The zero-order valence-electron chi connectivity index (χ0n) is 15.3. The molecule has 142 valence electrons. The molecule has 4 aromatic rings. The van der Waals surface area contributed by atoms with Crippen molar-refractivity contribution in [2.45, 2.75) is 6.61 Å². The van der Waals surface area contributed by atoms with E-state index in [2.05, 4.69) is 4.98 Å². The first-order chi connectivity index (χ1) is 14.2. The summed E-state index contributed by atoms with van der Waals surface area (Å²) in [5, 5.41) is 1.71. The molecule has 0 fully saturated rings. The quantitative estimate of drug-likeness (QED) is 0.425. The maximum absolute atomic E-state index is 12.7. The minimum Gasteiger partial charge on any atom is -0.489 e. The lowest BCUT2D eigenvalue weighted by Crippen LogP contribution is -1.97. The molecule has 0 unspecified atom stereocenters. The van der Waals surface area contributed by atoms with Crippen LogP contribution in [0.25, 0.3) is 17.0 Å². The van der Waals surface area contributed by atoms with E-state index in [9.17, 15) is 4.79 Å². The summed E-state index contributed by atoms with van der Waals surface area (Å²) in [5.74, 6) is 1.30. The first-order valence-electron chi connectivity index (χ1n) is 9.19. The van der Waals surface area contributed by atoms with Crippen molar-refractivity contribution in [2.75, 3.05) is 0 Å². The topological polar surface area (TPSA) is 51.3 Å². The lowest BCUT2D eigenvalue weighted by atomic mass is 10.1. The van der Waals surface area contributed by atoms with Crippen LogP contribution in [0.2, 0.25) is 5.02 Å². The number of para-hydroxylation sites is 1. The molecule has 29 heavy (non-hydrogen) atoms. The molecule has 1 aliphatic rings. The molecule has 2 heterocycles. The van der Waals surface area contributed by atoms with Crippen molar-refractivity contribution in [3.63, 3.8) is 0 Å². The number of aromatic nitrogens is 1. The van der Waals surface area contributed by atoms with Crippen LogP contribution in [0.4, 0.5) is 0 Å². The number of Topliss-reactive ketones (excluding diaryl/α,β-unsaturated/α-hetero) is 1. The molecule has 1 N–H and O–H groups in total. The summed E-state index contributed by atoms with van der Waals surface area (Å²) in [4.78, 5) is 15.9. The first kappa shape index (κ1) is 17.6. The third-order valence-electron chi connectivity index (χ3n) is 4.84. The van der Waals surface area contributed by atoms with Crippen molar-refractivity contribution < 1.29 is 14.3 Å². The van der Waals surface area contributed by atoms with Crippen LogP contribution in [0.1, 0.15) is 21.5 Å². The molecule has 3 aromatic carbocycles. The Hall–Kier alpha value is -3.50. The standard InChI is InChI=1S/C24H16ClNO3/c25-17-5-3-4-15(10-17)14-28-18-8-9-20-22(12-18)29-23(24(20)27)11-16-13-26-21-7-2-1-6-19(16)21/h1-13,26H,14H2/b23-11-. The molecule has 0 atom stereocenters. The van der Waals surface area contributed by atoms with Crippen LogP contribution in [-0.2, 0) is 6.61 Å². The van der Waals surface area contributed by atoms with Crippen molar-refractivity contribution >= 4 is 34.4 Å². The van der Waals surface area contributed by atoms with E-state index < -0.39 is 0 Å². The Morgan fingerprint density at radius 2 is 1.93 bits per heavy atom. The number of benzene rings is 3. The van der Waals surface area contributed by atoms with Crippen molar-refractivity contribution in [1.29, 1.82) is 0 Å². The Kier molecular flexibility index (Phi) is 4.34. The fourth-order valence-electron chi connectivity index (χ4n) is 3.41. The van der Waals surface area contributed by atoms with Crippen LogP contribution in [-0.4, -0.2) is 10.8 Å². The van der Waals surface area contributed by atoms with E-state index in [1.165, 1.54) is 0 Å². The van der Waals surface area contributed by atoms with E-state index in [0.29, 0.717) is 34.5 Å². The molecule has 1 aromatic heterocycles. The minimum atomic E-state index is -0.133. The number of allylic oxidation sites excluding steroid dienone is 1. The van der Waals surface area contributed by atoms with Gasteiger partial charge in [0.25, 0.3) is 0 Å². The lowest BCUT2D eigenvalue weighted by Gasteiger charge is -2.07. The van der Waals surface area contributed by atoms with E-state index in [4.69, 9.17) is 21.1 Å². The molecule has 0 bridgehead atoms. The normalized spacial score (nSPS) is 14.2. The van der Waals surface area contributed by atoms with Crippen molar-refractivity contribution in [3.8, 4) is 11.5 Å². The fourth-order valence-corrected chi connectivity index (χ4v) is 3.62. The third kappa shape index (κ3) is 3.39. The Balaban J connectivity index is 1.38. The summed E-state index contributed by atoms with van der Waals surface area (Å²) in [6.45, 7) is 0.380. The molecular weight excluding hydrogens is 386 g/mol. The van der Waals surface area contributed by atoms with E-state index in [1.54, 1.807) is 24.3 Å². The highest BCUT2D eigenvalue weighted by Gasteiger charge is 2.28. The van der Waals surface area contributed by atoms with Gasteiger partial charge in [0, 0.05) is 33.8 Å². The van der Waals surface area contributed by atoms with Crippen molar-refractivity contribution in [2.24, 2.45) is 0 Å². The highest BCUT2D eigenvalue weighted by atomic mass is 35.5. The van der Waals surface area contributed by atoms with Crippen LogP contribution in [0.15, 0.2) is 78.7 Å². The van der Waals surface area contributed by atoms with E-state index in [0.717, 1.165) is 22.0 Å². The molecule has 5 rings (SSSR count). The average molecular weight is 402 g/mol. The minimum absolute atomic E-state index is 0.133. The Morgan fingerprint density at radius 1 is 1.03 bits per heavy atom. The summed E-state index contributed by atoms with van der Waals surface area (Å²) < 4.78 is 11.7. The molecule has 0 amide bonds. The molecule has 0 spiro atoms. The van der Waals surface area contributed by atoms with Gasteiger partial charge in [-0.25, -0.2) is 0 Å². The van der Waals surface area contributed by atoms with E-state index >= 15 is 0 Å². The Morgan fingerprint density at radius 3 is 2.83 bits per heavy atom. The number of rotatable bonds is 4. The number of hydrogen-bond donors (Lipinski definition) is 1. The lowest BCUT2D eigenvalue weighted by molar-refractivity contribution is 0.101. The van der Waals surface area contributed by atoms with Gasteiger partial charge in [-0.15, -0.1) is 0 Å². The number of ketones is 1. The van der Waals surface area contributed by atoms with Crippen LogP contribution in [0.3, 0.4) is 0 Å². The number of nitrogens with one attached hydrogen (secondary N) is 1. The maximum atomic E-state index is 12.7. The largest absolute Gasteiger partial charge is 0.489 e. The number of carbonyl (C=O) groups excluding carboxylic acids is 1. The van der Waals surface area contributed by atoms with Gasteiger partial charge < -0.3 is 14.5 Å². The van der Waals surface area contributed by atoms with Crippen LogP contribution in [0.5, 0.6) is 11.5 Å². The molecule has 0 aliphatic carbocycles. The smallest absolute Gasteiger partial charge is 0.231 e. The summed E-state index contributed by atoms with van der Waals surface area (Å²) in [6, 6.07) is 20.7. The van der Waals surface area contributed by atoms with Gasteiger partial charge in [-0.3, -0.25) is 4.79 Å². The SMILES string of the molecule is O=C1/C(=C/c2c[nH]c3ccccc23)Oc2cc(OCc3cccc(Cl)c3)ccc21. The van der Waals surface area contributed by atoms with E-state index in [-0.39, 0.29) is 5.78 Å². The van der Waals surface area contributed by atoms with Gasteiger partial charge in [0.05, 0.1) is 5.56 Å². The van der Waals surface area contributed by atoms with Gasteiger partial charge in [0.15, 0.2) is 5.76 Å². The molecule has 5 heteroatoms. The van der Waals surface area contributed by atoms with Gasteiger partial charge in [0.2, 0.25) is 5.78 Å². The molecule has 0 radical (unpaired) electrons. The highest BCUT2D eigenvalue weighted by Crippen LogP contribution is 2.35. The van der Waals surface area contributed by atoms with Crippen LogP contribution >= 0.6 is 11.6 Å². The van der Waals surface area contributed by atoms with Crippen molar-refractivity contribution in [3.05, 3.63) is 100 Å². The van der Waals surface area contributed by atoms with Gasteiger partial charge in [-0.2, -0.15) is 0 Å². The molecule has 0 saturated carbocycles. The number of carbonyl (C=O) groups is 1. The molecule has 1 aliphatic heterocycles. The van der Waals surface area contributed by atoms with E-state index in [1.807, 2.05) is 54.7 Å². The Bertz CT molecular complexity index is 1270. The predicted molar refractivity (Wildman–Crippen MR) is 113 cm³/mol.